The van der Waals surface area contributed by atoms with E-state index in [4.69, 9.17) is 4.74 Å². The molecule has 0 bridgehead atoms. The Morgan fingerprint density at radius 1 is 1.38 bits per heavy atom. The summed E-state index contributed by atoms with van der Waals surface area (Å²) in [4.78, 5) is 11.4. The number of carbonyl (C=O) groups is 1. The second-order valence-corrected chi connectivity index (χ2v) is 3.83. The van der Waals surface area contributed by atoms with Crippen molar-refractivity contribution in [3.63, 3.8) is 0 Å². The molecule has 0 heterocycles. The lowest BCUT2D eigenvalue weighted by Gasteiger charge is -2.12. The molecule has 0 spiro atoms. The van der Waals surface area contributed by atoms with Gasteiger partial charge in [0.2, 0.25) is 0 Å². The van der Waals surface area contributed by atoms with Crippen LogP contribution < -0.4 is 0 Å². The van der Waals surface area contributed by atoms with E-state index in [1.165, 1.54) is 0 Å². The highest BCUT2D eigenvalue weighted by atomic mass is 19.4. The molecule has 0 radical (unpaired) electrons. The molecule has 1 aliphatic carbocycles. The highest BCUT2D eigenvalue weighted by Gasteiger charge is 2.26. The Labute approximate surface area is 92.5 Å². The predicted octanol–water partition coefficient (Wildman–Crippen LogP) is 3.37. The van der Waals surface area contributed by atoms with Gasteiger partial charge in [-0.2, -0.15) is 13.2 Å². The number of ether oxygens (including phenoxy) is 1. The Morgan fingerprint density at radius 2 is 2.12 bits per heavy atom. The summed E-state index contributed by atoms with van der Waals surface area (Å²) in [6.07, 6.45) is 0.118. The van der Waals surface area contributed by atoms with Crippen LogP contribution in [0.4, 0.5) is 13.2 Å². The summed E-state index contributed by atoms with van der Waals surface area (Å²) in [6, 6.07) is 0. The maximum absolute atomic E-state index is 11.8. The van der Waals surface area contributed by atoms with Gasteiger partial charge in [-0.1, -0.05) is 6.08 Å². The number of carbonyl (C=O) groups excluding carboxylic acids is 1. The summed E-state index contributed by atoms with van der Waals surface area (Å²) < 4.78 is 40.1. The van der Waals surface area contributed by atoms with E-state index >= 15 is 0 Å². The zero-order valence-corrected chi connectivity index (χ0v) is 8.98. The monoisotopic (exact) mass is 236 g/mol. The predicted molar refractivity (Wildman–Crippen MR) is 52.8 cm³/mol. The van der Waals surface area contributed by atoms with Crippen LogP contribution in [0.2, 0.25) is 0 Å². The first-order chi connectivity index (χ1) is 7.49. The quantitative estimate of drug-likeness (QED) is 0.552. The number of hydrogen-bond acceptors (Lipinski definition) is 2. The molecule has 0 saturated carbocycles. The summed E-state index contributed by atoms with van der Waals surface area (Å²) in [5.74, 6) is -0.457. The minimum absolute atomic E-state index is 0.157. The second kappa shape index (κ2) is 5.92. The summed E-state index contributed by atoms with van der Waals surface area (Å²) in [6.45, 7) is -0.157. The third-order valence-corrected chi connectivity index (χ3v) is 2.39. The molecule has 0 saturated heterocycles. The average Bonchev–Trinajstić information content (AvgIpc) is 2.24. The molecule has 0 unspecified atom stereocenters. The van der Waals surface area contributed by atoms with Crippen LogP contribution in [-0.4, -0.2) is 18.8 Å². The van der Waals surface area contributed by atoms with E-state index in [0.29, 0.717) is 12.0 Å². The molecule has 0 aromatic rings. The van der Waals surface area contributed by atoms with Crippen molar-refractivity contribution >= 4 is 5.97 Å². The fraction of sp³-hybridized carbons (Fsp3) is 0.727. The van der Waals surface area contributed by atoms with E-state index in [9.17, 15) is 18.0 Å². The van der Waals surface area contributed by atoms with Gasteiger partial charge < -0.3 is 4.74 Å². The molecule has 1 rings (SSSR count). The lowest BCUT2D eigenvalue weighted by atomic mass is 10.00. The van der Waals surface area contributed by atoms with E-state index in [-0.39, 0.29) is 13.0 Å². The van der Waals surface area contributed by atoms with Crippen molar-refractivity contribution in [2.24, 2.45) is 0 Å². The molecule has 0 aromatic heterocycles. The minimum atomic E-state index is -4.17. The van der Waals surface area contributed by atoms with Crippen molar-refractivity contribution in [2.45, 2.75) is 44.7 Å². The van der Waals surface area contributed by atoms with Crippen LogP contribution in [0.1, 0.15) is 38.5 Å². The Hall–Kier alpha value is -1.00. The van der Waals surface area contributed by atoms with Crippen molar-refractivity contribution in [3.8, 4) is 0 Å². The number of esters is 1. The molecule has 0 amide bonds. The summed E-state index contributed by atoms with van der Waals surface area (Å²) >= 11 is 0. The van der Waals surface area contributed by atoms with Gasteiger partial charge in [0.05, 0.1) is 6.61 Å². The van der Waals surface area contributed by atoms with Crippen LogP contribution >= 0.6 is 0 Å². The van der Waals surface area contributed by atoms with E-state index in [0.717, 1.165) is 19.3 Å². The fourth-order valence-electron chi connectivity index (χ4n) is 1.55. The van der Waals surface area contributed by atoms with Crippen molar-refractivity contribution in [1.82, 2.24) is 0 Å². The average molecular weight is 236 g/mol. The van der Waals surface area contributed by atoms with E-state index in [2.05, 4.69) is 0 Å². The molecule has 0 aliphatic heterocycles. The zero-order chi connectivity index (χ0) is 12.0. The molecule has 92 valence electrons. The molecule has 0 fully saturated rings. The van der Waals surface area contributed by atoms with Gasteiger partial charge in [-0.05, 0) is 32.1 Å². The lowest BCUT2D eigenvalue weighted by Crippen LogP contribution is -2.13. The Morgan fingerprint density at radius 3 is 2.69 bits per heavy atom. The molecule has 0 N–H and O–H groups in total. The summed E-state index contributed by atoms with van der Waals surface area (Å²) in [7, 11) is 0. The Bertz CT molecular complexity index is 269. The van der Waals surface area contributed by atoms with Gasteiger partial charge in [0, 0.05) is 12.0 Å². The minimum Gasteiger partial charge on any atom is -0.462 e. The van der Waals surface area contributed by atoms with Crippen molar-refractivity contribution in [2.75, 3.05) is 6.61 Å². The molecular formula is C11H15F3O2. The summed E-state index contributed by atoms with van der Waals surface area (Å²) in [5.41, 5.74) is 0.609. The fourth-order valence-corrected chi connectivity index (χ4v) is 1.55. The van der Waals surface area contributed by atoms with Crippen LogP contribution in [0, 0.1) is 0 Å². The van der Waals surface area contributed by atoms with Gasteiger partial charge in [-0.15, -0.1) is 0 Å². The van der Waals surface area contributed by atoms with E-state index in [1.54, 1.807) is 0 Å². The summed E-state index contributed by atoms with van der Waals surface area (Å²) in [5, 5.41) is 0. The maximum atomic E-state index is 11.8. The van der Waals surface area contributed by atoms with Gasteiger partial charge in [0.25, 0.3) is 0 Å². The van der Waals surface area contributed by atoms with Crippen LogP contribution in [0.5, 0.6) is 0 Å². The number of allylic oxidation sites excluding steroid dienone is 1. The van der Waals surface area contributed by atoms with Gasteiger partial charge >= 0.3 is 12.1 Å². The second-order valence-electron chi connectivity index (χ2n) is 3.83. The van der Waals surface area contributed by atoms with Crippen molar-refractivity contribution < 1.29 is 22.7 Å². The van der Waals surface area contributed by atoms with Crippen molar-refractivity contribution in [3.05, 3.63) is 11.6 Å². The van der Waals surface area contributed by atoms with Gasteiger partial charge in [-0.3, -0.25) is 0 Å². The van der Waals surface area contributed by atoms with E-state index in [1.807, 2.05) is 6.08 Å². The van der Waals surface area contributed by atoms with Crippen LogP contribution in [0.3, 0.4) is 0 Å². The number of hydrogen-bond donors (Lipinski definition) is 0. The normalized spacial score (nSPS) is 16.8. The number of alkyl halides is 3. The Balaban J connectivity index is 2.18. The molecule has 0 aromatic carbocycles. The molecule has 0 atom stereocenters. The number of halogens is 3. The Kier molecular flexibility index (Phi) is 4.83. The van der Waals surface area contributed by atoms with Crippen molar-refractivity contribution in [1.29, 1.82) is 0 Å². The molecular weight excluding hydrogens is 221 g/mol. The molecule has 1 aliphatic rings. The molecule has 5 heteroatoms. The third-order valence-electron chi connectivity index (χ3n) is 2.39. The first-order valence-electron chi connectivity index (χ1n) is 5.42. The first kappa shape index (κ1) is 13.1. The molecule has 16 heavy (non-hydrogen) atoms. The highest BCUT2D eigenvalue weighted by molar-refractivity contribution is 5.88. The number of rotatable bonds is 4. The third kappa shape index (κ3) is 5.19. The van der Waals surface area contributed by atoms with Gasteiger partial charge in [0.15, 0.2) is 0 Å². The highest BCUT2D eigenvalue weighted by Crippen LogP contribution is 2.22. The first-order valence-corrected chi connectivity index (χ1v) is 5.42. The van der Waals surface area contributed by atoms with Crippen LogP contribution in [-0.2, 0) is 9.53 Å². The lowest BCUT2D eigenvalue weighted by molar-refractivity contribution is -0.147. The maximum Gasteiger partial charge on any atom is 0.389 e. The standard InChI is InChI=1S/C11H15F3O2/c12-11(13,14)7-4-8-16-10(15)9-5-2-1-3-6-9/h5H,1-4,6-8H2. The smallest absolute Gasteiger partial charge is 0.389 e. The van der Waals surface area contributed by atoms with Crippen LogP contribution in [0.25, 0.3) is 0 Å². The van der Waals surface area contributed by atoms with Gasteiger partial charge in [0.1, 0.15) is 0 Å². The van der Waals surface area contributed by atoms with E-state index < -0.39 is 18.6 Å². The topological polar surface area (TPSA) is 26.3 Å². The van der Waals surface area contributed by atoms with Gasteiger partial charge in [-0.25, -0.2) is 4.79 Å². The SMILES string of the molecule is O=C(OCCCC(F)(F)F)C1=CCCCC1. The van der Waals surface area contributed by atoms with Crippen LogP contribution in [0.15, 0.2) is 11.6 Å². The molecule has 2 nitrogen and oxygen atoms in total. The zero-order valence-electron chi connectivity index (χ0n) is 8.98. The largest absolute Gasteiger partial charge is 0.462 e.